The fourth-order valence-electron chi connectivity index (χ4n) is 0.703. The molecule has 0 N–H and O–H groups in total. The Morgan fingerprint density at radius 2 is 2.30 bits per heavy atom. The van der Waals surface area contributed by atoms with Crippen LogP contribution in [0.3, 0.4) is 0 Å². The fourth-order valence-corrected chi connectivity index (χ4v) is 3.19. The van der Waals surface area contributed by atoms with Crippen molar-refractivity contribution in [3.05, 3.63) is 17.8 Å². The molecule has 3 nitrogen and oxygen atoms in total. The van der Waals surface area contributed by atoms with Gasteiger partial charge in [0.2, 0.25) is 0 Å². The molecule has 0 saturated carbocycles. The van der Waals surface area contributed by atoms with Crippen LogP contribution in [0.5, 0.6) is 0 Å². The second kappa shape index (κ2) is 3.43. The van der Waals surface area contributed by atoms with Gasteiger partial charge in [-0.3, -0.25) is 0 Å². The summed E-state index contributed by atoms with van der Waals surface area (Å²) < 4.78 is 3.41. The molecule has 1 aliphatic heterocycles. The van der Waals surface area contributed by atoms with Gasteiger partial charge in [-0.25, -0.2) is 0 Å². The normalized spacial score (nSPS) is 19.5. The molecule has 4 heteroatoms. The molecule has 0 aromatic rings. The van der Waals surface area contributed by atoms with Crippen molar-refractivity contribution in [2.24, 2.45) is 0 Å². The van der Waals surface area contributed by atoms with Gasteiger partial charge in [-0.1, -0.05) is 0 Å². The predicted molar refractivity (Wildman–Crippen MR) is 52.6 cm³/mol. The Morgan fingerprint density at radius 1 is 1.60 bits per heavy atom. The van der Waals surface area contributed by atoms with E-state index < -0.39 is 20.1 Å². The third kappa shape index (κ3) is 1.54. The second-order valence-corrected chi connectivity index (χ2v) is 7.61. The monoisotopic (exact) mass is 254 g/mol. The standard InChI is InChI=1S/C6H13IN3/c1-4-7(2)10-8-5-6-9(10)3/h5-6H,4H2,1-3H3/q-1. The zero-order valence-corrected chi connectivity index (χ0v) is 8.74. The Bertz CT molecular complexity index is 137. The first-order valence-electron chi connectivity index (χ1n) is 3.22. The third-order valence-corrected chi connectivity index (χ3v) is 5.96. The third-order valence-electron chi connectivity index (χ3n) is 1.35. The molecule has 0 bridgehead atoms. The van der Waals surface area contributed by atoms with Crippen molar-refractivity contribution >= 4 is 20.1 Å². The van der Waals surface area contributed by atoms with E-state index in [1.54, 1.807) is 0 Å². The fraction of sp³-hybridized carbons (Fsp3) is 0.667. The molecule has 10 heavy (non-hydrogen) atoms. The van der Waals surface area contributed by atoms with Crippen molar-refractivity contribution in [2.75, 3.05) is 16.4 Å². The molecule has 0 atom stereocenters. The van der Waals surface area contributed by atoms with Gasteiger partial charge in [0.15, 0.2) is 0 Å². The van der Waals surface area contributed by atoms with Crippen molar-refractivity contribution in [3.63, 3.8) is 0 Å². The van der Waals surface area contributed by atoms with Crippen molar-refractivity contribution in [1.82, 2.24) is 8.34 Å². The summed E-state index contributed by atoms with van der Waals surface area (Å²) in [5, 5.41) is 2.06. The molecule has 0 aromatic carbocycles. The van der Waals surface area contributed by atoms with Crippen molar-refractivity contribution in [3.8, 4) is 0 Å². The van der Waals surface area contributed by atoms with E-state index in [4.69, 9.17) is 0 Å². The zero-order valence-electron chi connectivity index (χ0n) is 6.58. The SMILES string of the molecule is CCI(C)N1[N-]C=CN1C. The van der Waals surface area contributed by atoms with Crippen LogP contribution in [0.15, 0.2) is 12.4 Å². The Labute approximate surface area is 69.7 Å². The molecular formula is C6H13IN3-. The van der Waals surface area contributed by atoms with E-state index in [0.717, 1.165) is 0 Å². The van der Waals surface area contributed by atoms with Gasteiger partial charge < -0.3 is 0 Å². The van der Waals surface area contributed by atoms with E-state index in [0.29, 0.717) is 0 Å². The number of hydrogen-bond donors (Lipinski definition) is 0. The summed E-state index contributed by atoms with van der Waals surface area (Å²) >= 11 is -0.923. The number of nitrogens with zero attached hydrogens (tertiary/aromatic N) is 3. The molecule has 0 aromatic heterocycles. The molecule has 1 rings (SSSR count). The molecule has 0 aliphatic carbocycles. The van der Waals surface area contributed by atoms with Crippen LogP contribution < -0.4 is 0 Å². The number of rotatable bonds is 2. The van der Waals surface area contributed by atoms with Crippen LogP contribution in [-0.2, 0) is 0 Å². The summed E-state index contributed by atoms with van der Waals surface area (Å²) in [4.78, 5) is 2.32. The van der Waals surface area contributed by atoms with Gasteiger partial charge in [0.25, 0.3) is 0 Å². The van der Waals surface area contributed by atoms with Crippen LogP contribution in [0.2, 0.25) is 0 Å². The second-order valence-electron chi connectivity index (χ2n) is 2.05. The Kier molecular flexibility index (Phi) is 2.79. The maximum absolute atomic E-state index is 4.24. The minimum atomic E-state index is -0.923. The Morgan fingerprint density at radius 3 is 2.70 bits per heavy atom. The van der Waals surface area contributed by atoms with E-state index >= 15 is 0 Å². The van der Waals surface area contributed by atoms with Gasteiger partial charge in [0.05, 0.1) is 0 Å². The van der Waals surface area contributed by atoms with E-state index in [1.165, 1.54) is 4.43 Å². The molecule has 0 amide bonds. The summed E-state index contributed by atoms with van der Waals surface area (Å²) in [6.45, 7) is 2.23. The van der Waals surface area contributed by atoms with Crippen LogP contribution in [-0.4, -0.2) is 24.7 Å². The summed E-state index contributed by atoms with van der Waals surface area (Å²) in [7, 11) is 2.04. The van der Waals surface area contributed by atoms with E-state index in [1.807, 2.05) is 19.4 Å². The molecule has 0 radical (unpaired) electrons. The van der Waals surface area contributed by atoms with E-state index in [2.05, 4.69) is 25.6 Å². The first-order chi connectivity index (χ1) is 4.75. The zero-order chi connectivity index (χ0) is 7.56. The topological polar surface area (TPSA) is 20.6 Å². The predicted octanol–water partition coefficient (Wildman–Crippen LogP) is 1.98. The Hall–Kier alpha value is 0.0300. The minimum absolute atomic E-state index is 0.923. The van der Waals surface area contributed by atoms with Crippen LogP contribution in [0, 0.1) is 0 Å². The number of halogens is 1. The number of hydrogen-bond acceptors (Lipinski definition) is 2. The van der Waals surface area contributed by atoms with Crippen LogP contribution in [0.25, 0.3) is 5.43 Å². The molecule has 0 unspecified atom stereocenters. The average Bonchev–Trinajstić information content (AvgIpc) is 2.34. The summed E-state index contributed by atoms with van der Waals surface area (Å²) in [6, 6.07) is 0. The van der Waals surface area contributed by atoms with Crippen molar-refractivity contribution < 1.29 is 0 Å². The van der Waals surface area contributed by atoms with Crippen molar-refractivity contribution in [1.29, 1.82) is 0 Å². The van der Waals surface area contributed by atoms with Gasteiger partial charge >= 0.3 is 69.6 Å². The van der Waals surface area contributed by atoms with Gasteiger partial charge in [-0.05, 0) is 0 Å². The van der Waals surface area contributed by atoms with Crippen LogP contribution in [0.4, 0.5) is 0 Å². The molecule has 0 fully saturated rings. The van der Waals surface area contributed by atoms with Crippen LogP contribution >= 0.6 is 20.1 Å². The molecule has 1 aliphatic rings. The van der Waals surface area contributed by atoms with Crippen molar-refractivity contribution in [2.45, 2.75) is 6.92 Å². The van der Waals surface area contributed by atoms with Gasteiger partial charge in [-0.15, -0.1) is 0 Å². The number of hydrazine groups is 1. The van der Waals surface area contributed by atoms with Crippen LogP contribution in [0.1, 0.15) is 6.92 Å². The molecule has 60 valence electrons. The van der Waals surface area contributed by atoms with Gasteiger partial charge in [0.1, 0.15) is 0 Å². The summed E-state index contributed by atoms with van der Waals surface area (Å²) in [5.74, 6) is 0. The van der Waals surface area contributed by atoms with Gasteiger partial charge in [0, 0.05) is 0 Å². The molecule has 0 spiro atoms. The first-order valence-corrected chi connectivity index (χ1v) is 7.87. The Balaban J connectivity index is 2.42. The molecule has 1 heterocycles. The first kappa shape index (κ1) is 8.13. The van der Waals surface area contributed by atoms with Gasteiger partial charge in [-0.2, -0.15) is 0 Å². The maximum atomic E-state index is 4.24. The number of alkyl halides is 2. The molecule has 0 saturated heterocycles. The van der Waals surface area contributed by atoms with E-state index in [-0.39, 0.29) is 0 Å². The summed E-state index contributed by atoms with van der Waals surface area (Å²) in [5.41, 5.74) is 4.24. The average molecular weight is 254 g/mol. The van der Waals surface area contributed by atoms with E-state index in [9.17, 15) is 0 Å². The molecular weight excluding hydrogens is 241 g/mol. The quantitative estimate of drug-likeness (QED) is 0.426. The summed E-state index contributed by atoms with van der Waals surface area (Å²) in [6.07, 6.45) is 3.84.